The van der Waals surface area contributed by atoms with Gasteiger partial charge in [0, 0.05) is 29.7 Å². The topological polar surface area (TPSA) is 148 Å². The first-order chi connectivity index (χ1) is 26.5. The van der Waals surface area contributed by atoms with Gasteiger partial charge in [0.05, 0.1) is 63.9 Å². The minimum atomic E-state index is -1.81. The van der Waals surface area contributed by atoms with Crippen molar-refractivity contribution in [1.29, 1.82) is 0 Å². The summed E-state index contributed by atoms with van der Waals surface area (Å²) >= 11 is 0. The molecule has 11 atom stereocenters. The molecule has 3 aromatic rings. The van der Waals surface area contributed by atoms with Crippen molar-refractivity contribution in [2.45, 2.75) is 36.3 Å². The Kier molecular flexibility index (Phi) is 7.59. The van der Waals surface area contributed by atoms with Crippen LogP contribution in [0.3, 0.4) is 0 Å². The second kappa shape index (κ2) is 12.5. The number of hydrogen-bond acceptors (Lipinski definition) is 14. The molecule has 1 aliphatic carbocycles. The third-order valence-corrected chi connectivity index (χ3v) is 12.3. The van der Waals surface area contributed by atoms with E-state index in [1.165, 1.54) is 6.08 Å². The molecule has 54 heavy (non-hydrogen) atoms. The molecule has 11 unspecified atom stereocenters. The van der Waals surface area contributed by atoms with Crippen molar-refractivity contribution in [3.63, 3.8) is 0 Å². The lowest BCUT2D eigenvalue weighted by molar-refractivity contribution is -0.220. The molecule has 0 bridgehead atoms. The van der Waals surface area contributed by atoms with Crippen LogP contribution in [0.5, 0.6) is 34.5 Å². The first-order valence-electron chi connectivity index (χ1n) is 18.3. The van der Waals surface area contributed by atoms with Gasteiger partial charge in [-0.2, -0.15) is 0 Å². The van der Waals surface area contributed by atoms with Crippen molar-refractivity contribution in [2.75, 3.05) is 53.9 Å². The molecule has 3 aromatic carbocycles. The monoisotopic (exact) mass is 742 g/mol. The zero-order valence-electron chi connectivity index (χ0n) is 29.3. The van der Waals surface area contributed by atoms with Gasteiger partial charge in [-0.3, -0.25) is 9.53 Å². The smallest absolute Gasteiger partial charge is 0.299 e. The summed E-state index contributed by atoms with van der Waals surface area (Å²) in [5.74, 6) is 0.552. The number of carbonyl (C=O) groups is 1. The third kappa shape index (κ3) is 4.90. The Morgan fingerprint density at radius 3 is 1.83 bits per heavy atom. The standard InChI is InChI=1S/C40H38O14/c1-43-30-8-19(35-22-12-45-36(23(22)13-44-35)20-2-5-27-31(9-20)50-16-48-27)4-7-29(30)54-40-33(52-18-53-40)11-26(41)34(39(40)42)38-25-15-46-37(24(25)14-47-38)21-3-6-28-32(10-21)51-17-49-28/h2-11,22-25,34-39,42H,12-18H2,1H3. The van der Waals surface area contributed by atoms with Crippen molar-refractivity contribution in [3.05, 3.63) is 83.1 Å². The maximum atomic E-state index is 13.7. The number of fused-ring (bicyclic) bond motifs is 5. The summed E-state index contributed by atoms with van der Waals surface area (Å²) in [6.07, 6.45) is -1.38. The van der Waals surface area contributed by atoms with Gasteiger partial charge in [-0.25, -0.2) is 0 Å². The fourth-order valence-electron chi connectivity index (χ4n) is 9.64. The average Bonchev–Trinajstić information content (AvgIpc) is 4.04. The molecule has 5 fully saturated rings. The van der Waals surface area contributed by atoms with Gasteiger partial charge >= 0.3 is 0 Å². The zero-order valence-corrected chi connectivity index (χ0v) is 29.3. The van der Waals surface area contributed by atoms with Crippen molar-refractivity contribution >= 4 is 5.78 Å². The van der Waals surface area contributed by atoms with Crippen LogP contribution in [0.2, 0.25) is 0 Å². The number of ether oxygens (including phenoxy) is 12. The summed E-state index contributed by atoms with van der Waals surface area (Å²) in [4.78, 5) is 13.7. The molecular weight excluding hydrogens is 704 g/mol. The summed E-state index contributed by atoms with van der Waals surface area (Å²) in [7, 11) is 1.55. The Labute approximate surface area is 309 Å². The van der Waals surface area contributed by atoms with E-state index >= 15 is 0 Å². The summed E-state index contributed by atoms with van der Waals surface area (Å²) < 4.78 is 71.7. The molecule has 11 rings (SSSR count). The Hall–Kier alpha value is -4.57. The number of benzene rings is 3. The molecule has 14 nitrogen and oxygen atoms in total. The van der Waals surface area contributed by atoms with Gasteiger partial charge in [-0.1, -0.05) is 18.2 Å². The van der Waals surface area contributed by atoms with E-state index < -0.39 is 23.9 Å². The van der Waals surface area contributed by atoms with Gasteiger partial charge in [-0.15, -0.1) is 0 Å². The van der Waals surface area contributed by atoms with Crippen LogP contribution in [0.1, 0.15) is 35.0 Å². The second-order valence-electron chi connectivity index (χ2n) is 14.9. The van der Waals surface area contributed by atoms with Crippen molar-refractivity contribution < 1.29 is 66.7 Å². The van der Waals surface area contributed by atoms with E-state index in [4.69, 9.17) is 56.8 Å². The van der Waals surface area contributed by atoms with E-state index in [9.17, 15) is 9.90 Å². The summed E-state index contributed by atoms with van der Waals surface area (Å²) in [6.45, 7) is 1.97. The highest BCUT2D eigenvalue weighted by molar-refractivity contribution is 5.95. The minimum absolute atomic E-state index is 0.0408. The largest absolute Gasteiger partial charge is 0.493 e. The molecule has 0 radical (unpaired) electrons. The highest BCUT2D eigenvalue weighted by atomic mass is 16.8. The Morgan fingerprint density at radius 2 is 1.19 bits per heavy atom. The molecule has 282 valence electrons. The predicted octanol–water partition coefficient (Wildman–Crippen LogP) is 4.15. The van der Waals surface area contributed by atoms with Gasteiger partial charge in [0.15, 0.2) is 52.8 Å². The molecular formula is C40H38O14. The molecule has 0 amide bonds. The Bertz CT molecular complexity index is 2030. The first-order valence-corrected chi connectivity index (χ1v) is 18.3. The number of aliphatic hydroxyl groups excluding tert-OH is 1. The molecule has 5 saturated heterocycles. The maximum absolute atomic E-state index is 13.7. The van der Waals surface area contributed by atoms with E-state index in [0.29, 0.717) is 49.4 Å². The Balaban J connectivity index is 0.827. The van der Waals surface area contributed by atoms with E-state index in [1.54, 1.807) is 13.2 Å². The van der Waals surface area contributed by atoms with Gasteiger partial charge in [0.1, 0.15) is 6.10 Å². The molecule has 8 aliphatic rings. The molecule has 0 aromatic heterocycles. The number of ketones is 1. The normalized spacial score (nSPS) is 36.8. The van der Waals surface area contributed by atoms with Gasteiger partial charge < -0.3 is 57.2 Å². The van der Waals surface area contributed by atoms with Crippen LogP contribution in [0.15, 0.2) is 66.4 Å². The molecule has 7 aliphatic heterocycles. The third-order valence-electron chi connectivity index (χ3n) is 12.3. The van der Waals surface area contributed by atoms with E-state index in [0.717, 1.165) is 28.2 Å². The number of allylic oxidation sites excluding steroid dienone is 1. The van der Waals surface area contributed by atoms with E-state index in [2.05, 4.69) is 0 Å². The lowest BCUT2D eigenvalue weighted by atomic mass is 9.75. The van der Waals surface area contributed by atoms with Gasteiger partial charge in [0.25, 0.3) is 5.79 Å². The fourth-order valence-corrected chi connectivity index (χ4v) is 9.64. The van der Waals surface area contributed by atoms with Crippen LogP contribution in [0.25, 0.3) is 0 Å². The van der Waals surface area contributed by atoms with Crippen LogP contribution in [0.4, 0.5) is 0 Å². The zero-order chi connectivity index (χ0) is 36.1. The average molecular weight is 743 g/mol. The molecule has 0 saturated carbocycles. The minimum Gasteiger partial charge on any atom is -0.493 e. The first kappa shape index (κ1) is 32.8. The molecule has 0 spiro atoms. The molecule has 7 heterocycles. The highest BCUT2D eigenvalue weighted by Gasteiger charge is 2.63. The maximum Gasteiger partial charge on any atom is 0.299 e. The van der Waals surface area contributed by atoms with Gasteiger partial charge in [-0.05, 0) is 53.1 Å². The fraction of sp³-hybridized carbons (Fsp3) is 0.475. The van der Waals surface area contributed by atoms with Gasteiger partial charge in [0.2, 0.25) is 13.6 Å². The Morgan fingerprint density at radius 1 is 0.630 bits per heavy atom. The number of carbonyl (C=O) groups excluding carboxylic acids is 1. The SMILES string of the molecule is COc1cc(C2OCC3C(c4ccc5c(c4)OCO5)OCC23)ccc1OC12OCOC1=CC(=O)C(C1OCC3C(c4ccc5c(c4)OCO5)OCC31)C2O. The molecule has 1 N–H and O–H groups in total. The van der Waals surface area contributed by atoms with Crippen LogP contribution >= 0.6 is 0 Å². The predicted molar refractivity (Wildman–Crippen MR) is 181 cm³/mol. The quantitative estimate of drug-likeness (QED) is 0.370. The molecule has 14 heteroatoms. The number of methoxy groups -OCH3 is 1. The number of hydrogen-bond donors (Lipinski definition) is 1. The van der Waals surface area contributed by atoms with Crippen molar-refractivity contribution in [2.24, 2.45) is 29.6 Å². The summed E-state index contributed by atoms with van der Waals surface area (Å²) in [5, 5.41) is 12.1. The van der Waals surface area contributed by atoms with Crippen molar-refractivity contribution in [3.8, 4) is 34.5 Å². The summed E-state index contributed by atoms with van der Waals surface area (Å²) in [6, 6.07) is 17.3. The lowest BCUT2D eigenvalue weighted by Crippen LogP contribution is -2.59. The van der Waals surface area contributed by atoms with Crippen LogP contribution in [-0.4, -0.2) is 82.8 Å². The summed E-state index contributed by atoms with van der Waals surface area (Å²) in [5.41, 5.74) is 2.88. The number of rotatable bonds is 7. The second-order valence-corrected chi connectivity index (χ2v) is 14.9. The van der Waals surface area contributed by atoms with Crippen LogP contribution < -0.4 is 28.4 Å². The van der Waals surface area contributed by atoms with E-state index in [-0.39, 0.29) is 73.9 Å². The highest BCUT2D eigenvalue weighted by Crippen LogP contribution is 2.54. The van der Waals surface area contributed by atoms with Crippen LogP contribution in [0, 0.1) is 29.6 Å². The van der Waals surface area contributed by atoms with E-state index in [1.807, 2.05) is 48.5 Å². The van der Waals surface area contributed by atoms with Crippen LogP contribution in [-0.2, 0) is 33.2 Å². The lowest BCUT2D eigenvalue weighted by Gasteiger charge is -2.41. The van der Waals surface area contributed by atoms with Crippen molar-refractivity contribution in [1.82, 2.24) is 0 Å². The number of aliphatic hydroxyl groups is 1.